The Kier molecular flexibility index (Phi) is 3.25. The summed E-state index contributed by atoms with van der Waals surface area (Å²) in [4.78, 5) is 1.62. The molecule has 0 unspecified atom stereocenters. The SMILES string of the molecule is [CH2]N([CH2])Cc1ccc(S(N)(=O)=O)cc1. The zero-order valence-corrected chi connectivity index (χ0v) is 8.50. The fraction of sp³-hybridized carbons (Fsp3) is 0.111. The van der Waals surface area contributed by atoms with E-state index in [4.69, 9.17) is 5.14 Å². The molecule has 5 heteroatoms. The lowest BCUT2D eigenvalue weighted by Gasteiger charge is -2.08. The van der Waals surface area contributed by atoms with Crippen molar-refractivity contribution in [3.63, 3.8) is 0 Å². The van der Waals surface area contributed by atoms with Crippen molar-refractivity contribution in [2.45, 2.75) is 11.4 Å². The predicted octanol–water partition coefficient (Wildman–Crippen LogP) is 0.719. The Labute approximate surface area is 84.4 Å². The van der Waals surface area contributed by atoms with E-state index in [1.165, 1.54) is 17.0 Å². The van der Waals surface area contributed by atoms with E-state index >= 15 is 0 Å². The number of hydrogen-bond acceptors (Lipinski definition) is 3. The van der Waals surface area contributed by atoms with E-state index in [1.54, 1.807) is 12.1 Å². The number of benzene rings is 1. The first-order valence-corrected chi connectivity index (χ1v) is 5.44. The van der Waals surface area contributed by atoms with Crippen LogP contribution in [0.4, 0.5) is 0 Å². The lowest BCUT2D eigenvalue weighted by molar-refractivity contribution is 0.489. The molecule has 0 amide bonds. The zero-order chi connectivity index (χ0) is 10.8. The number of sulfonamides is 1. The lowest BCUT2D eigenvalue weighted by atomic mass is 10.2. The number of primary sulfonamides is 1. The van der Waals surface area contributed by atoms with Crippen LogP contribution in [-0.2, 0) is 16.6 Å². The topological polar surface area (TPSA) is 63.4 Å². The van der Waals surface area contributed by atoms with Crippen LogP contribution < -0.4 is 5.14 Å². The van der Waals surface area contributed by atoms with Gasteiger partial charge in [0.2, 0.25) is 10.0 Å². The van der Waals surface area contributed by atoms with Crippen molar-refractivity contribution < 1.29 is 8.42 Å². The van der Waals surface area contributed by atoms with Crippen LogP contribution in [0.3, 0.4) is 0 Å². The van der Waals surface area contributed by atoms with Crippen molar-refractivity contribution >= 4 is 10.0 Å². The van der Waals surface area contributed by atoms with Crippen LogP contribution in [-0.4, -0.2) is 13.3 Å². The molecule has 0 aliphatic heterocycles. The zero-order valence-electron chi connectivity index (χ0n) is 7.68. The molecule has 2 radical (unpaired) electrons. The van der Waals surface area contributed by atoms with Crippen molar-refractivity contribution in [1.29, 1.82) is 0 Å². The molecule has 4 nitrogen and oxygen atoms in total. The number of nitrogens with two attached hydrogens (primary N) is 1. The van der Waals surface area contributed by atoms with Gasteiger partial charge < -0.3 is 0 Å². The minimum absolute atomic E-state index is 0.112. The molecular formula is C9H12N2O2S. The third-order valence-electron chi connectivity index (χ3n) is 1.66. The summed E-state index contributed by atoms with van der Waals surface area (Å²) in [6, 6.07) is 6.30. The molecule has 2 N–H and O–H groups in total. The first-order chi connectivity index (χ1) is 6.39. The second kappa shape index (κ2) is 4.08. The van der Waals surface area contributed by atoms with Crippen LogP contribution in [0.5, 0.6) is 0 Å². The van der Waals surface area contributed by atoms with Crippen LogP contribution >= 0.6 is 0 Å². The van der Waals surface area contributed by atoms with Crippen LogP contribution in [0.2, 0.25) is 0 Å². The highest BCUT2D eigenvalue weighted by Gasteiger charge is 2.06. The van der Waals surface area contributed by atoms with Crippen molar-refractivity contribution in [3.8, 4) is 0 Å². The molecule has 0 aliphatic carbocycles. The maximum absolute atomic E-state index is 10.9. The van der Waals surface area contributed by atoms with Crippen molar-refractivity contribution in [2.24, 2.45) is 5.14 Å². The summed E-state index contributed by atoms with van der Waals surface area (Å²) in [6.07, 6.45) is 0. The molecule has 76 valence electrons. The highest BCUT2D eigenvalue weighted by molar-refractivity contribution is 7.89. The lowest BCUT2D eigenvalue weighted by Crippen LogP contribution is -2.12. The van der Waals surface area contributed by atoms with E-state index in [0.717, 1.165) is 5.56 Å². The maximum Gasteiger partial charge on any atom is 0.238 e. The molecule has 0 saturated heterocycles. The Hall–Kier alpha value is -0.910. The van der Waals surface area contributed by atoms with Gasteiger partial charge in [0.05, 0.1) is 4.90 Å². The number of nitrogens with zero attached hydrogens (tertiary/aromatic N) is 1. The molecule has 0 spiro atoms. The fourth-order valence-corrected chi connectivity index (χ4v) is 1.56. The Morgan fingerprint density at radius 3 is 2.07 bits per heavy atom. The molecular weight excluding hydrogens is 200 g/mol. The van der Waals surface area contributed by atoms with Crippen LogP contribution in [0.15, 0.2) is 29.2 Å². The summed E-state index contributed by atoms with van der Waals surface area (Å²) in [6.45, 7) is 0.560. The third-order valence-corrected chi connectivity index (χ3v) is 2.59. The highest BCUT2D eigenvalue weighted by atomic mass is 32.2. The van der Waals surface area contributed by atoms with E-state index in [9.17, 15) is 8.42 Å². The van der Waals surface area contributed by atoms with Gasteiger partial charge in [-0.1, -0.05) is 12.1 Å². The standard InChI is InChI=1S/C9H12N2O2S/c1-11(2)7-8-3-5-9(6-4-8)14(10,12)13/h3-6H,1-2,7H2,(H2,10,12,13). The molecule has 1 aromatic rings. The van der Waals surface area contributed by atoms with Crippen LogP contribution in [0, 0.1) is 14.1 Å². The summed E-state index contributed by atoms with van der Waals surface area (Å²) in [5, 5.41) is 4.95. The molecule has 0 fully saturated rings. The second-order valence-electron chi connectivity index (χ2n) is 3.02. The summed E-state index contributed by atoms with van der Waals surface area (Å²) in [5.41, 5.74) is 0.933. The van der Waals surface area contributed by atoms with Gasteiger partial charge in [-0.3, -0.25) is 4.90 Å². The molecule has 0 aromatic heterocycles. The first kappa shape index (κ1) is 11.2. The van der Waals surface area contributed by atoms with E-state index < -0.39 is 10.0 Å². The normalized spacial score (nSPS) is 12.0. The van der Waals surface area contributed by atoms with Gasteiger partial charge >= 0.3 is 0 Å². The number of hydrogen-bond donors (Lipinski definition) is 1. The first-order valence-electron chi connectivity index (χ1n) is 3.90. The Balaban J connectivity index is 2.90. The van der Waals surface area contributed by atoms with Crippen molar-refractivity contribution in [2.75, 3.05) is 0 Å². The Morgan fingerprint density at radius 1 is 1.21 bits per heavy atom. The second-order valence-corrected chi connectivity index (χ2v) is 4.58. The quantitative estimate of drug-likeness (QED) is 0.803. The van der Waals surface area contributed by atoms with Crippen LogP contribution in [0.25, 0.3) is 0 Å². The van der Waals surface area contributed by atoms with Gasteiger partial charge in [-0.15, -0.1) is 0 Å². The molecule has 0 bridgehead atoms. The van der Waals surface area contributed by atoms with Gasteiger partial charge in [-0.05, 0) is 17.7 Å². The molecule has 1 aromatic carbocycles. The number of rotatable bonds is 3. The largest absolute Gasteiger partial charge is 0.297 e. The molecule has 0 aliphatic rings. The van der Waals surface area contributed by atoms with Gasteiger partial charge in [0.1, 0.15) is 0 Å². The third kappa shape index (κ3) is 3.10. The van der Waals surface area contributed by atoms with Gasteiger partial charge in [0.15, 0.2) is 0 Å². The Bertz CT molecular complexity index is 395. The van der Waals surface area contributed by atoms with Gasteiger partial charge in [0.25, 0.3) is 0 Å². The van der Waals surface area contributed by atoms with Gasteiger partial charge in [-0.2, -0.15) is 0 Å². The summed E-state index contributed by atoms with van der Waals surface area (Å²) in [7, 11) is 3.58. The summed E-state index contributed by atoms with van der Waals surface area (Å²) >= 11 is 0. The molecule has 0 heterocycles. The predicted molar refractivity (Wildman–Crippen MR) is 54.1 cm³/mol. The van der Waals surface area contributed by atoms with E-state index in [2.05, 4.69) is 14.1 Å². The fourth-order valence-electron chi connectivity index (χ4n) is 1.04. The summed E-state index contributed by atoms with van der Waals surface area (Å²) in [5.74, 6) is 0. The van der Waals surface area contributed by atoms with Crippen molar-refractivity contribution in [1.82, 2.24) is 4.90 Å². The molecule has 1 rings (SSSR count). The van der Waals surface area contributed by atoms with E-state index in [1.807, 2.05) is 0 Å². The maximum atomic E-state index is 10.9. The highest BCUT2D eigenvalue weighted by Crippen LogP contribution is 2.09. The van der Waals surface area contributed by atoms with Gasteiger partial charge in [0, 0.05) is 20.6 Å². The molecule has 0 saturated carbocycles. The van der Waals surface area contributed by atoms with E-state index in [0.29, 0.717) is 6.54 Å². The average molecular weight is 212 g/mol. The van der Waals surface area contributed by atoms with Crippen molar-refractivity contribution in [3.05, 3.63) is 43.9 Å². The van der Waals surface area contributed by atoms with Crippen LogP contribution in [0.1, 0.15) is 5.56 Å². The van der Waals surface area contributed by atoms with E-state index in [-0.39, 0.29) is 4.90 Å². The minimum atomic E-state index is -3.59. The Morgan fingerprint density at radius 2 is 1.71 bits per heavy atom. The average Bonchev–Trinajstić information content (AvgIpc) is 2.02. The minimum Gasteiger partial charge on any atom is -0.297 e. The van der Waals surface area contributed by atoms with Gasteiger partial charge in [-0.25, -0.2) is 13.6 Å². The monoisotopic (exact) mass is 212 g/mol. The molecule has 14 heavy (non-hydrogen) atoms. The smallest absolute Gasteiger partial charge is 0.238 e. The molecule has 0 atom stereocenters. The summed E-state index contributed by atoms with van der Waals surface area (Å²) < 4.78 is 21.8.